The molecule has 3 aromatic rings. The van der Waals surface area contributed by atoms with Crippen LogP contribution in [0.2, 0.25) is 0 Å². The average molecular weight is 453 g/mol. The fourth-order valence-corrected chi connectivity index (χ4v) is 4.54. The second-order valence-electron chi connectivity index (χ2n) is 7.67. The van der Waals surface area contributed by atoms with Gasteiger partial charge in [-0.3, -0.25) is 9.36 Å². The maximum atomic E-state index is 12.4. The zero-order valence-electron chi connectivity index (χ0n) is 17.5. The molecule has 1 unspecified atom stereocenters. The van der Waals surface area contributed by atoms with Gasteiger partial charge in [-0.15, -0.1) is 10.2 Å². The molecular formula is C23H24N4O4S. The monoisotopic (exact) mass is 452 g/mol. The van der Waals surface area contributed by atoms with Gasteiger partial charge in [0.1, 0.15) is 0 Å². The summed E-state index contributed by atoms with van der Waals surface area (Å²) < 4.78 is 18.5. The smallest absolute Gasteiger partial charge is 0.231 e. The number of hydrogen-bond donors (Lipinski definition) is 1. The number of hydrogen-bond acceptors (Lipinski definition) is 7. The number of ether oxygens (including phenoxy) is 3. The molecular weight excluding hydrogens is 428 g/mol. The summed E-state index contributed by atoms with van der Waals surface area (Å²) >= 11 is 1.38. The van der Waals surface area contributed by atoms with Crippen molar-refractivity contribution in [3.8, 4) is 22.9 Å². The van der Waals surface area contributed by atoms with Crippen molar-refractivity contribution in [3.05, 3.63) is 54.1 Å². The van der Waals surface area contributed by atoms with E-state index in [1.54, 1.807) is 0 Å². The molecule has 1 N–H and O–H groups in total. The van der Waals surface area contributed by atoms with Gasteiger partial charge >= 0.3 is 0 Å². The number of nitrogens with one attached hydrogen (secondary N) is 1. The molecule has 2 aliphatic heterocycles. The van der Waals surface area contributed by atoms with Gasteiger partial charge in [-0.1, -0.05) is 48.2 Å². The molecule has 2 aromatic carbocycles. The predicted octanol–water partition coefficient (Wildman–Crippen LogP) is 3.11. The molecule has 2 aliphatic rings. The minimum atomic E-state index is -0.0376. The lowest BCUT2D eigenvalue weighted by Crippen LogP contribution is -2.32. The number of aromatic nitrogens is 3. The van der Waals surface area contributed by atoms with E-state index in [1.165, 1.54) is 11.8 Å². The third kappa shape index (κ3) is 4.73. The summed E-state index contributed by atoms with van der Waals surface area (Å²) in [5, 5.41) is 12.5. The van der Waals surface area contributed by atoms with Crippen molar-refractivity contribution in [3.63, 3.8) is 0 Å². The first-order valence-electron chi connectivity index (χ1n) is 10.6. The normalized spacial score (nSPS) is 16.9. The number of fused-ring (bicyclic) bond motifs is 1. The molecule has 1 aromatic heterocycles. The zero-order chi connectivity index (χ0) is 21.8. The van der Waals surface area contributed by atoms with Crippen LogP contribution in [0.5, 0.6) is 11.5 Å². The molecule has 1 atom stereocenters. The first-order valence-corrected chi connectivity index (χ1v) is 11.6. The number of benzene rings is 2. The van der Waals surface area contributed by atoms with Crippen LogP contribution in [0, 0.1) is 0 Å². The van der Waals surface area contributed by atoms with Gasteiger partial charge in [-0.25, -0.2) is 0 Å². The Hall–Kier alpha value is -3.04. The van der Waals surface area contributed by atoms with E-state index in [0.717, 1.165) is 47.9 Å². The number of carbonyl (C=O) groups excluding carboxylic acids is 1. The molecule has 166 valence electrons. The molecule has 0 aliphatic carbocycles. The number of rotatable bonds is 8. The van der Waals surface area contributed by atoms with Crippen LogP contribution in [0.15, 0.2) is 53.7 Å². The fraction of sp³-hybridized carbons (Fsp3) is 0.348. The van der Waals surface area contributed by atoms with E-state index < -0.39 is 0 Å². The quantitative estimate of drug-likeness (QED) is 0.526. The molecule has 32 heavy (non-hydrogen) atoms. The van der Waals surface area contributed by atoms with Crippen LogP contribution in [0.1, 0.15) is 18.4 Å². The van der Waals surface area contributed by atoms with Gasteiger partial charge in [-0.05, 0) is 30.5 Å². The van der Waals surface area contributed by atoms with E-state index in [4.69, 9.17) is 14.2 Å². The summed E-state index contributed by atoms with van der Waals surface area (Å²) in [6.07, 6.45) is 2.18. The zero-order valence-corrected chi connectivity index (χ0v) is 18.3. The molecule has 8 nitrogen and oxygen atoms in total. The minimum Gasteiger partial charge on any atom is -0.454 e. The highest BCUT2D eigenvalue weighted by Gasteiger charge is 2.20. The summed E-state index contributed by atoms with van der Waals surface area (Å²) in [4.78, 5) is 12.4. The SMILES string of the molecule is O=C(CSc1nnc(-c2ccccc2)n1Cc1ccc2c(c1)OCO2)NCC1CCCO1. The van der Waals surface area contributed by atoms with E-state index in [2.05, 4.69) is 15.5 Å². The first-order chi connectivity index (χ1) is 15.8. The maximum absolute atomic E-state index is 12.4. The van der Waals surface area contributed by atoms with E-state index in [0.29, 0.717) is 18.2 Å². The topological polar surface area (TPSA) is 87.5 Å². The molecule has 3 heterocycles. The van der Waals surface area contributed by atoms with Crippen LogP contribution < -0.4 is 14.8 Å². The van der Waals surface area contributed by atoms with Crippen molar-refractivity contribution < 1.29 is 19.0 Å². The molecule has 5 rings (SSSR count). The van der Waals surface area contributed by atoms with Gasteiger partial charge in [0, 0.05) is 18.7 Å². The van der Waals surface area contributed by atoms with Gasteiger partial charge in [0.05, 0.1) is 18.4 Å². The lowest BCUT2D eigenvalue weighted by Gasteiger charge is -2.12. The van der Waals surface area contributed by atoms with E-state index in [1.807, 2.05) is 53.1 Å². The largest absolute Gasteiger partial charge is 0.454 e. The molecule has 0 spiro atoms. The van der Waals surface area contributed by atoms with E-state index in [-0.39, 0.29) is 24.6 Å². The van der Waals surface area contributed by atoms with Crippen molar-refractivity contribution >= 4 is 17.7 Å². The van der Waals surface area contributed by atoms with Crippen LogP contribution in [0.4, 0.5) is 0 Å². The lowest BCUT2D eigenvalue weighted by atomic mass is 10.2. The maximum Gasteiger partial charge on any atom is 0.231 e. The second kappa shape index (κ2) is 9.62. The van der Waals surface area contributed by atoms with Crippen molar-refractivity contribution in [2.75, 3.05) is 25.7 Å². The molecule has 9 heteroatoms. The molecule has 1 saturated heterocycles. The second-order valence-corrected chi connectivity index (χ2v) is 8.62. The summed E-state index contributed by atoms with van der Waals surface area (Å²) in [5.74, 6) is 2.47. The highest BCUT2D eigenvalue weighted by molar-refractivity contribution is 7.99. The average Bonchev–Trinajstić information content (AvgIpc) is 3.58. The van der Waals surface area contributed by atoms with Crippen LogP contribution >= 0.6 is 11.8 Å². The predicted molar refractivity (Wildman–Crippen MR) is 120 cm³/mol. The van der Waals surface area contributed by atoms with Crippen LogP contribution in [-0.4, -0.2) is 52.5 Å². The Bertz CT molecular complexity index is 1080. The van der Waals surface area contributed by atoms with Crippen molar-refractivity contribution in [2.24, 2.45) is 0 Å². The van der Waals surface area contributed by atoms with E-state index >= 15 is 0 Å². The van der Waals surface area contributed by atoms with Gasteiger partial charge in [0.15, 0.2) is 22.5 Å². The molecule has 0 bridgehead atoms. The van der Waals surface area contributed by atoms with Gasteiger partial charge < -0.3 is 19.5 Å². The number of thioether (sulfide) groups is 1. The van der Waals surface area contributed by atoms with Crippen molar-refractivity contribution in [2.45, 2.75) is 30.6 Å². The summed E-state index contributed by atoms with van der Waals surface area (Å²) in [5.41, 5.74) is 2.01. The van der Waals surface area contributed by atoms with Crippen LogP contribution in [0.3, 0.4) is 0 Å². The minimum absolute atomic E-state index is 0.0376. The highest BCUT2D eigenvalue weighted by Crippen LogP contribution is 2.33. The molecule has 0 saturated carbocycles. The first kappa shape index (κ1) is 20.8. The standard InChI is InChI=1S/C23H24N4O4S/c28-21(24-12-18-7-4-10-29-18)14-32-23-26-25-22(17-5-2-1-3-6-17)27(23)13-16-8-9-19-20(11-16)31-15-30-19/h1-3,5-6,8-9,11,18H,4,7,10,12-15H2,(H,24,28). The number of amides is 1. The van der Waals surface area contributed by atoms with Gasteiger partial charge in [0.2, 0.25) is 12.7 Å². The molecule has 0 radical (unpaired) electrons. The summed E-state index contributed by atoms with van der Waals surface area (Å²) in [6.45, 7) is 2.12. The Morgan fingerprint density at radius 3 is 2.84 bits per heavy atom. The lowest BCUT2D eigenvalue weighted by molar-refractivity contribution is -0.119. The number of nitrogens with zero attached hydrogens (tertiary/aromatic N) is 3. The van der Waals surface area contributed by atoms with Crippen LogP contribution in [0.25, 0.3) is 11.4 Å². The Morgan fingerprint density at radius 2 is 2.00 bits per heavy atom. The summed E-state index contributed by atoms with van der Waals surface area (Å²) in [6, 6.07) is 15.8. The van der Waals surface area contributed by atoms with Crippen LogP contribution in [-0.2, 0) is 16.1 Å². The Labute approximate surface area is 190 Å². The third-order valence-corrected chi connectivity index (χ3v) is 6.38. The summed E-state index contributed by atoms with van der Waals surface area (Å²) in [7, 11) is 0. The van der Waals surface area contributed by atoms with E-state index in [9.17, 15) is 4.79 Å². The molecule has 1 fully saturated rings. The number of carbonyl (C=O) groups is 1. The Morgan fingerprint density at radius 1 is 1.12 bits per heavy atom. The fourth-order valence-electron chi connectivity index (χ4n) is 3.77. The van der Waals surface area contributed by atoms with Gasteiger partial charge in [-0.2, -0.15) is 0 Å². The Kier molecular flexibility index (Phi) is 6.27. The molecule has 1 amide bonds. The van der Waals surface area contributed by atoms with Gasteiger partial charge in [0.25, 0.3) is 0 Å². The third-order valence-electron chi connectivity index (χ3n) is 5.41. The van der Waals surface area contributed by atoms with Crippen molar-refractivity contribution in [1.82, 2.24) is 20.1 Å². The van der Waals surface area contributed by atoms with Crippen molar-refractivity contribution in [1.29, 1.82) is 0 Å². The highest BCUT2D eigenvalue weighted by atomic mass is 32.2. The Balaban J connectivity index is 1.32.